The van der Waals surface area contributed by atoms with Crippen molar-refractivity contribution in [1.29, 1.82) is 0 Å². The van der Waals surface area contributed by atoms with Gasteiger partial charge in [0, 0.05) is 31.1 Å². The lowest BCUT2D eigenvalue weighted by Crippen LogP contribution is -2.38. The maximum Gasteiger partial charge on any atom is 0.253 e. The number of aryl methyl sites for hydroxylation is 1. The van der Waals surface area contributed by atoms with Gasteiger partial charge in [-0.2, -0.15) is 0 Å². The Morgan fingerprint density at radius 3 is 2.81 bits per heavy atom. The van der Waals surface area contributed by atoms with Crippen LogP contribution in [0.5, 0.6) is 0 Å². The van der Waals surface area contributed by atoms with Crippen LogP contribution >= 0.6 is 0 Å². The molecule has 1 amide bonds. The van der Waals surface area contributed by atoms with E-state index in [0.717, 1.165) is 31.7 Å². The topological polar surface area (TPSA) is 51.2 Å². The molecule has 1 N–H and O–H groups in total. The van der Waals surface area contributed by atoms with Crippen molar-refractivity contribution >= 4 is 5.91 Å². The molecular formula is C12H16N2O2. The van der Waals surface area contributed by atoms with Crippen molar-refractivity contribution < 1.29 is 9.53 Å². The fourth-order valence-electron chi connectivity index (χ4n) is 1.71. The average molecular weight is 220 g/mol. The van der Waals surface area contributed by atoms with Crippen LogP contribution in [0.1, 0.15) is 28.9 Å². The Morgan fingerprint density at radius 2 is 2.19 bits per heavy atom. The molecule has 0 aliphatic carbocycles. The number of ether oxygens (including phenoxy) is 1. The van der Waals surface area contributed by atoms with Gasteiger partial charge in [0.15, 0.2) is 0 Å². The number of nitrogens with one attached hydrogen (secondary N) is 1. The van der Waals surface area contributed by atoms with E-state index < -0.39 is 0 Å². The van der Waals surface area contributed by atoms with Crippen LogP contribution in [-0.2, 0) is 4.74 Å². The van der Waals surface area contributed by atoms with Crippen LogP contribution < -0.4 is 5.32 Å². The van der Waals surface area contributed by atoms with Crippen LogP contribution in [0.15, 0.2) is 18.3 Å². The zero-order valence-electron chi connectivity index (χ0n) is 9.40. The van der Waals surface area contributed by atoms with Gasteiger partial charge in [0.2, 0.25) is 0 Å². The van der Waals surface area contributed by atoms with Crippen LogP contribution in [0.2, 0.25) is 0 Å². The van der Waals surface area contributed by atoms with E-state index in [1.165, 1.54) is 0 Å². The van der Waals surface area contributed by atoms with Crippen LogP contribution in [-0.4, -0.2) is 30.1 Å². The van der Waals surface area contributed by atoms with Gasteiger partial charge in [0.25, 0.3) is 5.91 Å². The lowest BCUT2D eigenvalue weighted by atomic mass is 10.1. The quantitative estimate of drug-likeness (QED) is 0.817. The first-order chi connectivity index (χ1) is 7.75. The molecule has 1 aliphatic rings. The first kappa shape index (κ1) is 11.1. The number of hydrogen-bond acceptors (Lipinski definition) is 3. The van der Waals surface area contributed by atoms with Gasteiger partial charge in [0.05, 0.1) is 5.56 Å². The minimum Gasteiger partial charge on any atom is -0.381 e. The van der Waals surface area contributed by atoms with E-state index in [4.69, 9.17) is 4.74 Å². The molecule has 4 heteroatoms. The summed E-state index contributed by atoms with van der Waals surface area (Å²) < 4.78 is 5.24. The van der Waals surface area contributed by atoms with Gasteiger partial charge in [-0.15, -0.1) is 0 Å². The van der Waals surface area contributed by atoms with Gasteiger partial charge in [-0.1, -0.05) is 0 Å². The Bertz CT molecular complexity index is 356. The molecule has 1 aromatic rings. The molecule has 0 saturated carbocycles. The molecule has 1 aromatic heterocycles. The number of carbonyl (C=O) groups is 1. The Labute approximate surface area is 95.0 Å². The normalized spacial score (nSPS) is 17.1. The Kier molecular flexibility index (Phi) is 3.51. The van der Waals surface area contributed by atoms with E-state index in [-0.39, 0.29) is 11.9 Å². The maximum absolute atomic E-state index is 11.8. The predicted molar refractivity (Wildman–Crippen MR) is 60.3 cm³/mol. The molecule has 0 spiro atoms. The minimum absolute atomic E-state index is 0.0422. The summed E-state index contributed by atoms with van der Waals surface area (Å²) in [4.78, 5) is 15.9. The molecule has 0 aromatic carbocycles. The second-order valence-electron chi connectivity index (χ2n) is 4.05. The third-order valence-electron chi connectivity index (χ3n) is 2.73. The van der Waals surface area contributed by atoms with Crippen molar-refractivity contribution in [3.8, 4) is 0 Å². The molecule has 1 fully saturated rings. The minimum atomic E-state index is -0.0422. The number of rotatable bonds is 2. The van der Waals surface area contributed by atoms with Crippen molar-refractivity contribution in [3.63, 3.8) is 0 Å². The van der Waals surface area contributed by atoms with E-state index in [1.54, 1.807) is 12.3 Å². The second-order valence-corrected chi connectivity index (χ2v) is 4.05. The highest BCUT2D eigenvalue weighted by atomic mass is 16.5. The molecule has 2 heterocycles. The van der Waals surface area contributed by atoms with E-state index in [1.807, 2.05) is 13.0 Å². The SMILES string of the molecule is Cc1ccc(C(=O)NC2CCOCC2)cn1. The van der Waals surface area contributed by atoms with Gasteiger partial charge in [-0.3, -0.25) is 9.78 Å². The maximum atomic E-state index is 11.8. The predicted octanol–water partition coefficient (Wildman–Crippen LogP) is 1.30. The smallest absolute Gasteiger partial charge is 0.253 e. The Hall–Kier alpha value is -1.42. The first-order valence-corrected chi connectivity index (χ1v) is 5.57. The highest BCUT2D eigenvalue weighted by Crippen LogP contribution is 2.07. The van der Waals surface area contributed by atoms with E-state index in [0.29, 0.717) is 5.56 Å². The highest BCUT2D eigenvalue weighted by Gasteiger charge is 2.16. The molecule has 0 radical (unpaired) electrons. The summed E-state index contributed by atoms with van der Waals surface area (Å²) >= 11 is 0. The molecule has 0 atom stereocenters. The van der Waals surface area contributed by atoms with Crippen molar-refractivity contribution in [1.82, 2.24) is 10.3 Å². The van der Waals surface area contributed by atoms with Crippen LogP contribution in [0, 0.1) is 6.92 Å². The molecule has 16 heavy (non-hydrogen) atoms. The average Bonchev–Trinajstić information content (AvgIpc) is 2.31. The third-order valence-corrected chi connectivity index (χ3v) is 2.73. The number of amides is 1. The number of pyridine rings is 1. The zero-order chi connectivity index (χ0) is 11.4. The summed E-state index contributed by atoms with van der Waals surface area (Å²) in [6.45, 7) is 3.37. The first-order valence-electron chi connectivity index (χ1n) is 5.57. The third kappa shape index (κ3) is 2.79. The summed E-state index contributed by atoms with van der Waals surface area (Å²) in [5.74, 6) is -0.0422. The Balaban J connectivity index is 1.94. The van der Waals surface area contributed by atoms with Crippen molar-refractivity contribution in [2.75, 3.05) is 13.2 Å². The van der Waals surface area contributed by atoms with Gasteiger partial charge in [0.1, 0.15) is 0 Å². The van der Waals surface area contributed by atoms with Gasteiger partial charge in [-0.25, -0.2) is 0 Å². The molecule has 86 valence electrons. The second kappa shape index (κ2) is 5.07. The van der Waals surface area contributed by atoms with Crippen LogP contribution in [0.4, 0.5) is 0 Å². The van der Waals surface area contributed by atoms with E-state index >= 15 is 0 Å². The lowest BCUT2D eigenvalue weighted by Gasteiger charge is -2.23. The summed E-state index contributed by atoms with van der Waals surface area (Å²) in [6.07, 6.45) is 3.40. The van der Waals surface area contributed by atoms with Crippen LogP contribution in [0.25, 0.3) is 0 Å². The highest BCUT2D eigenvalue weighted by molar-refractivity contribution is 5.94. The van der Waals surface area contributed by atoms with Gasteiger partial charge in [-0.05, 0) is 31.9 Å². The number of nitrogens with zero attached hydrogens (tertiary/aromatic N) is 1. The van der Waals surface area contributed by atoms with Crippen molar-refractivity contribution in [2.24, 2.45) is 0 Å². The molecule has 4 nitrogen and oxygen atoms in total. The number of hydrogen-bond donors (Lipinski definition) is 1. The fraction of sp³-hybridized carbons (Fsp3) is 0.500. The van der Waals surface area contributed by atoms with E-state index in [9.17, 15) is 4.79 Å². The van der Waals surface area contributed by atoms with Crippen molar-refractivity contribution in [3.05, 3.63) is 29.6 Å². The number of carbonyl (C=O) groups excluding carboxylic acids is 1. The van der Waals surface area contributed by atoms with Gasteiger partial charge < -0.3 is 10.1 Å². The molecule has 1 aliphatic heterocycles. The molecule has 0 unspecified atom stereocenters. The molecule has 0 bridgehead atoms. The summed E-state index contributed by atoms with van der Waals surface area (Å²) in [7, 11) is 0. The fourth-order valence-corrected chi connectivity index (χ4v) is 1.71. The molecular weight excluding hydrogens is 204 g/mol. The summed E-state index contributed by atoms with van der Waals surface area (Å²) in [5, 5.41) is 3.00. The monoisotopic (exact) mass is 220 g/mol. The molecule has 1 saturated heterocycles. The molecule has 2 rings (SSSR count). The standard InChI is InChI=1S/C12H16N2O2/c1-9-2-3-10(8-13-9)12(15)14-11-4-6-16-7-5-11/h2-3,8,11H,4-7H2,1H3,(H,14,15). The Morgan fingerprint density at radius 1 is 1.44 bits per heavy atom. The van der Waals surface area contributed by atoms with E-state index in [2.05, 4.69) is 10.3 Å². The van der Waals surface area contributed by atoms with Gasteiger partial charge >= 0.3 is 0 Å². The summed E-state index contributed by atoms with van der Waals surface area (Å²) in [5.41, 5.74) is 1.54. The zero-order valence-corrected chi connectivity index (χ0v) is 9.40. The van der Waals surface area contributed by atoms with Crippen LogP contribution in [0.3, 0.4) is 0 Å². The number of aromatic nitrogens is 1. The van der Waals surface area contributed by atoms with Crippen molar-refractivity contribution in [2.45, 2.75) is 25.8 Å². The largest absolute Gasteiger partial charge is 0.381 e. The lowest BCUT2D eigenvalue weighted by molar-refractivity contribution is 0.0696. The summed E-state index contributed by atoms with van der Waals surface area (Å²) in [6, 6.07) is 3.89.